The molecule has 0 amide bonds. The van der Waals surface area contributed by atoms with Crippen molar-refractivity contribution in [2.24, 2.45) is 0 Å². The molecule has 1 radical (unpaired) electrons. The highest BCUT2D eigenvalue weighted by atomic mass is 31.2. The Bertz CT molecular complexity index is 2560. The number of hydrogen-bond donors (Lipinski definition) is 0. The first kappa shape index (κ1) is 55.9. The molecule has 12 heteroatoms. The van der Waals surface area contributed by atoms with E-state index in [0.717, 1.165) is 66.8 Å². The molecule has 9 nitrogen and oxygen atoms in total. The molecular weight excluding hydrogens is 906 g/mol. The van der Waals surface area contributed by atoms with Crippen LogP contribution in [0.1, 0.15) is 219 Å². The molecule has 2 heterocycles. The summed E-state index contributed by atoms with van der Waals surface area (Å²) in [6.45, 7) is 47.5. The summed E-state index contributed by atoms with van der Waals surface area (Å²) in [4.78, 5) is 0. The molecule has 4 aromatic rings. The van der Waals surface area contributed by atoms with Crippen LogP contribution in [0.3, 0.4) is 0 Å². The molecule has 0 aromatic heterocycles. The van der Waals surface area contributed by atoms with E-state index in [-0.39, 0.29) is 27.1 Å². The third kappa shape index (κ3) is 12.2. The van der Waals surface area contributed by atoms with Gasteiger partial charge in [-0.05, 0) is 94.4 Å². The maximum atomic E-state index is 15.8. The number of rotatable bonds is 5. The lowest BCUT2D eigenvalue weighted by atomic mass is 9.76. The van der Waals surface area contributed by atoms with E-state index in [1.54, 1.807) is 0 Å². The van der Waals surface area contributed by atoms with Crippen LogP contribution >= 0.6 is 15.6 Å². The zero-order valence-corrected chi connectivity index (χ0v) is 48.4. The molecule has 2 aliphatic heterocycles. The highest BCUT2D eigenvalue weighted by Crippen LogP contribution is 2.60. The Morgan fingerprint density at radius 3 is 0.912 bits per heavy atom. The SMILES string of the molecule is CCc1cc(C(C)(C)C)cc2c1OP(=O)([O][Al][O]P1(=O)Oc3c(cc(C(C)(C)C)cc3C(C)(C)C)Cc3cc(C(C)(C)C)cc(C(C)(C)C)c3O1)Oc1c(cc(C(C)(C)C)cc1C(C)(C)C)C2.O. The van der Waals surface area contributed by atoms with Crippen molar-refractivity contribution in [2.75, 3.05) is 0 Å². The topological polar surface area (TPSA) is 121 Å². The van der Waals surface area contributed by atoms with E-state index in [2.05, 4.69) is 201 Å². The minimum absolute atomic E-state index is 0. The van der Waals surface area contributed by atoms with Crippen molar-refractivity contribution in [3.05, 3.63) is 115 Å². The minimum atomic E-state index is -4.62. The van der Waals surface area contributed by atoms with E-state index >= 15 is 9.13 Å². The second-order valence-corrected chi connectivity index (χ2v) is 30.6. The fourth-order valence-electron chi connectivity index (χ4n) is 8.56. The van der Waals surface area contributed by atoms with Crippen LogP contribution in [0.15, 0.2) is 48.5 Å². The Morgan fingerprint density at radius 2 is 0.662 bits per heavy atom. The first-order valence-electron chi connectivity index (χ1n) is 24.1. The fourth-order valence-corrected chi connectivity index (χ4v) is 12.4. The van der Waals surface area contributed by atoms with Gasteiger partial charge >= 0.3 is 31.5 Å². The highest BCUT2D eigenvalue weighted by Gasteiger charge is 2.44. The number of fused-ring (bicyclic) bond motifs is 4. The summed E-state index contributed by atoms with van der Waals surface area (Å²) in [5.74, 6) is 1.82. The summed E-state index contributed by atoms with van der Waals surface area (Å²) in [5.41, 5.74) is 9.66. The number of aryl methyl sites for hydroxylation is 1. The lowest BCUT2D eigenvalue weighted by Crippen LogP contribution is -2.24. The number of benzene rings is 4. The van der Waals surface area contributed by atoms with E-state index in [1.165, 1.54) is 0 Å². The molecule has 4 aromatic carbocycles. The zero-order valence-electron chi connectivity index (χ0n) is 45.5. The maximum absolute atomic E-state index is 15.8. The Labute approximate surface area is 417 Å². The van der Waals surface area contributed by atoms with Gasteiger partial charge in [0.2, 0.25) is 0 Å². The van der Waals surface area contributed by atoms with Gasteiger partial charge in [0.05, 0.1) is 0 Å². The third-order valence-electron chi connectivity index (χ3n) is 12.9. The van der Waals surface area contributed by atoms with Crippen LogP contribution < -0.4 is 18.1 Å². The van der Waals surface area contributed by atoms with Gasteiger partial charge < -0.3 is 30.7 Å². The van der Waals surface area contributed by atoms with Crippen LogP contribution in [0, 0.1) is 0 Å². The van der Waals surface area contributed by atoms with Gasteiger partial charge in [-0.15, -0.1) is 0 Å². The van der Waals surface area contributed by atoms with Gasteiger partial charge in [0, 0.05) is 29.5 Å². The zero-order chi connectivity index (χ0) is 50.5. The average molecular weight is 988 g/mol. The molecule has 0 bridgehead atoms. The first-order chi connectivity index (χ1) is 30.2. The maximum Gasteiger partial charge on any atom is 0.689 e. The van der Waals surface area contributed by atoms with E-state index in [1.807, 2.05) is 0 Å². The van der Waals surface area contributed by atoms with Crippen molar-refractivity contribution in [1.82, 2.24) is 0 Å². The summed E-state index contributed by atoms with van der Waals surface area (Å²) in [7, 11) is -9.21. The first-order valence-corrected chi connectivity index (χ1v) is 28.0. The molecular formula is C56H82AlO9P2. The molecule has 1 atom stereocenters. The Kier molecular flexibility index (Phi) is 15.2. The lowest BCUT2D eigenvalue weighted by molar-refractivity contribution is 0.257. The molecule has 0 aliphatic carbocycles. The normalized spacial score (nSPS) is 17.7. The second-order valence-electron chi connectivity index (χ2n) is 26.2. The monoisotopic (exact) mass is 988 g/mol. The summed E-state index contributed by atoms with van der Waals surface area (Å²) in [5, 5.41) is 0. The quantitative estimate of drug-likeness (QED) is 0.143. The van der Waals surface area contributed by atoms with Crippen molar-refractivity contribution in [2.45, 2.75) is 209 Å². The van der Waals surface area contributed by atoms with Crippen LogP contribution in [0.25, 0.3) is 0 Å². The summed E-state index contributed by atoms with van der Waals surface area (Å²) in [6, 6.07) is 17.3. The van der Waals surface area contributed by atoms with Crippen LogP contribution in [0.2, 0.25) is 0 Å². The van der Waals surface area contributed by atoms with E-state index in [0.29, 0.717) is 42.3 Å². The largest absolute Gasteiger partial charge is 0.689 e. The van der Waals surface area contributed by atoms with Gasteiger partial charge in [0.25, 0.3) is 0 Å². The molecule has 0 spiro atoms. The molecule has 373 valence electrons. The summed E-state index contributed by atoms with van der Waals surface area (Å²) < 4.78 is 70.9. The average Bonchev–Trinajstić information content (AvgIpc) is 3.12. The van der Waals surface area contributed by atoms with Crippen molar-refractivity contribution in [3.8, 4) is 23.0 Å². The van der Waals surface area contributed by atoms with Crippen LogP contribution in [-0.2, 0) is 73.4 Å². The van der Waals surface area contributed by atoms with E-state index in [9.17, 15) is 0 Å². The van der Waals surface area contributed by atoms with Gasteiger partial charge in [-0.1, -0.05) is 201 Å². The van der Waals surface area contributed by atoms with Gasteiger partial charge in [-0.2, -0.15) is 0 Å². The van der Waals surface area contributed by atoms with Gasteiger partial charge in [-0.25, -0.2) is 9.13 Å². The van der Waals surface area contributed by atoms with Crippen molar-refractivity contribution >= 4 is 31.5 Å². The third-order valence-corrected chi connectivity index (χ3v) is 17.3. The molecule has 6 rings (SSSR count). The van der Waals surface area contributed by atoms with Gasteiger partial charge in [-0.3, -0.25) is 0 Å². The van der Waals surface area contributed by atoms with Crippen LogP contribution in [0.4, 0.5) is 0 Å². The Morgan fingerprint density at radius 1 is 0.412 bits per heavy atom. The van der Waals surface area contributed by atoms with Crippen molar-refractivity contribution < 1.29 is 39.9 Å². The predicted molar refractivity (Wildman–Crippen MR) is 281 cm³/mol. The number of phosphoric ester groups is 2. The molecule has 1 unspecified atom stereocenters. The van der Waals surface area contributed by atoms with Gasteiger partial charge in [0.15, 0.2) is 0 Å². The lowest BCUT2D eigenvalue weighted by Gasteiger charge is -2.35. The molecule has 2 aliphatic rings. The molecule has 2 N–H and O–H groups in total. The van der Waals surface area contributed by atoms with E-state index in [4.69, 9.17) is 25.2 Å². The number of phosphoric acid groups is 2. The van der Waals surface area contributed by atoms with Crippen molar-refractivity contribution in [3.63, 3.8) is 0 Å². The summed E-state index contributed by atoms with van der Waals surface area (Å²) >= 11 is -1.85. The molecule has 0 saturated heterocycles. The standard InChI is InChI=1S/C29H43O4P.C27H39O4P.Al.H2O/c1-26(2,3)20-14-18-13-19-15-21(27(4,5)6)17-23(29(10,11)12)25(19)33-34(30,31)32-24(18)22(16-20)28(7,8)9;1-11-17-13-20(25(2,3)4)14-18-12-19-15-21(26(5,6)7)16-22(27(8,9)10)24(19)31-32(28,29)30-23(17)18;;/h14-17H,13H2,1-12H3,(H,30,31);13-16H,11-12H2,1-10H3,(H,28,29);;1H2/q;;+2;/p-2. The molecule has 68 heavy (non-hydrogen) atoms. The smallest absolute Gasteiger partial charge is 0.412 e. The molecule has 0 fully saturated rings. The predicted octanol–water partition coefficient (Wildman–Crippen LogP) is 15.7. The van der Waals surface area contributed by atoms with E-state index < -0.39 is 47.8 Å². The van der Waals surface area contributed by atoms with Gasteiger partial charge in [0.1, 0.15) is 23.0 Å². The highest BCUT2D eigenvalue weighted by molar-refractivity contribution is 7.52. The Hall–Kier alpha value is -3.05. The molecule has 0 saturated carbocycles. The Balaban J connectivity index is 0.00000864. The van der Waals surface area contributed by atoms with Crippen LogP contribution in [0.5, 0.6) is 23.0 Å². The minimum Gasteiger partial charge on any atom is -0.412 e. The fraction of sp³-hybridized carbons (Fsp3) is 0.571. The van der Waals surface area contributed by atoms with Crippen LogP contribution in [-0.4, -0.2) is 21.4 Å². The van der Waals surface area contributed by atoms with Crippen molar-refractivity contribution in [1.29, 1.82) is 0 Å². The second kappa shape index (κ2) is 18.5. The number of hydrogen-bond acceptors (Lipinski definition) is 8. The summed E-state index contributed by atoms with van der Waals surface area (Å²) in [6.07, 6.45) is 1.59.